The number of nitrogens with zero attached hydrogens (tertiary/aromatic N) is 1. The predicted octanol–water partition coefficient (Wildman–Crippen LogP) is -0.260. The highest BCUT2D eigenvalue weighted by Crippen LogP contribution is 1.99. The van der Waals surface area contributed by atoms with Gasteiger partial charge in [-0.15, -0.1) is 0 Å². The molecular weight excluding hydrogens is 246 g/mol. The van der Waals surface area contributed by atoms with Gasteiger partial charge in [-0.3, -0.25) is 9.59 Å². The number of carbonyl (C=O) groups is 2. The van der Waals surface area contributed by atoms with Gasteiger partial charge >= 0.3 is 0 Å². The molecule has 1 atom stereocenters. The van der Waals surface area contributed by atoms with Crippen LogP contribution in [0.1, 0.15) is 26.7 Å². The van der Waals surface area contributed by atoms with Crippen LogP contribution in [-0.2, 0) is 14.3 Å². The Morgan fingerprint density at radius 3 is 2.68 bits per heavy atom. The minimum Gasteiger partial charge on any atom is -0.366 e. The summed E-state index contributed by atoms with van der Waals surface area (Å²) >= 11 is 0. The van der Waals surface area contributed by atoms with Crippen LogP contribution in [-0.4, -0.2) is 62.1 Å². The molecular formula is C13H25N3O3. The van der Waals surface area contributed by atoms with Gasteiger partial charge in [-0.1, -0.05) is 0 Å². The summed E-state index contributed by atoms with van der Waals surface area (Å²) in [6.07, 6.45) is 0.750. The first-order valence-corrected chi connectivity index (χ1v) is 7.06. The van der Waals surface area contributed by atoms with E-state index in [-0.39, 0.29) is 11.8 Å². The monoisotopic (exact) mass is 271 g/mol. The largest absolute Gasteiger partial charge is 0.366 e. The molecule has 0 saturated carbocycles. The van der Waals surface area contributed by atoms with Crippen LogP contribution in [0.25, 0.3) is 0 Å². The number of carbonyl (C=O) groups excluding carboxylic acids is 2. The van der Waals surface area contributed by atoms with Crippen molar-refractivity contribution in [3.8, 4) is 0 Å². The number of hydrogen-bond donors (Lipinski definition) is 2. The van der Waals surface area contributed by atoms with E-state index < -0.39 is 6.10 Å². The quantitative estimate of drug-likeness (QED) is 0.626. The lowest BCUT2D eigenvalue weighted by Gasteiger charge is -2.22. The molecule has 6 nitrogen and oxygen atoms in total. The van der Waals surface area contributed by atoms with Crippen LogP contribution in [0.3, 0.4) is 0 Å². The highest BCUT2D eigenvalue weighted by molar-refractivity contribution is 5.81. The Morgan fingerprint density at radius 1 is 1.37 bits per heavy atom. The van der Waals surface area contributed by atoms with Gasteiger partial charge in [-0.05, 0) is 20.3 Å². The van der Waals surface area contributed by atoms with Crippen LogP contribution in [0.15, 0.2) is 0 Å². The molecule has 0 aromatic carbocycles. The fourth-order valence-corrected chi connectivity index (χ4v) is 2.03. The normalized spacial score (nSPS) is 18.9. The zero-order chi connectivity index (χ0) is 14.1. The average molecular weight is 271 g/mol. The molecule has 0 bridgehead atoms. The molecule has 1 aliphatic heterocycles. The smallest absolute Gasteiger partial charge is 0.250 e. The van der Waals surface area contributed by atoms with Crippen molar-refractivity contribution >= 4 is 11.8 Å². The summed E-state index contributed by atoms with van der Waals surface area (Å²) in [5, 5.41) is 5.92. The Balaban J connectivity index is 2.12. The number of nitrogens with one attached hydrogen (secondary N) is 2. The molecule has 0 radical (unpaired) electrons. The van der Waals surface area contributed by atoms with E-state index in [4.69, 9.17) is 4.74 Å². The minimum absolute atomic E-state index is 0.0949. The third-order valence-electron chi connectivity index (χ3n) is 3.20. The molecule has 1 saturated heterocycles. The molecule has 1 aliphatic rings. The van der Waals surface area contributed by atoms with Crippen LogP contribution in [0.5, 0.6) is 0 Å². The second-order valence-corrected chi connectivity index (χ2v) is 4.52. The Morgan fingerprint density at radius 2 is 2.11 bits per heavy atom. The Hall–Kier alpha value is -1.14. The second-order valence-electron chi connectivity index (χ2n) is 4.52. The topological polar surface area (TPSA) is 70.7 Å². The lowest BCUT2D eigenvalue weighted by atomic mass is 10.2. The summed E-state index contributed by atoms with van der Waals surface area (Å²) in [5.41, 5.74) is 0. The van der Waals surface area contributed by atoms with Gasteiger partial charge in [-0.25, -0.2) is 0 Å². The molecule has 1 heterocycles. The minimum atomic E-state index is -0.396. The molecule has 0 aromatic heterocycles. The molecule has 2 N–H and O–H groups in total. The van der Waals surface area contributed by atoms with Crippen molar-refractivity contribution in [1.29, 1.82) is 0 Å². The van der Waals surface area contributed by atoms with Crippen LogP contribution < -0.4 is 10.6 Å². The molecule has 6 heteroatoms. The van der Waals surface area contributed by atoms with E-state index >= 15 is 0 Å². The van der Waals surface area contributed by atoms with E-state index in [2.05, 4.69) is 10.6 Å². The molecule has 19 heavy (non-hydrogen) atoms. The molecule has 110 valence electrons. The van der Waals surface area contributed by atoms with Crippen molar-refractivity contribution in [2.75, 3.05) is 39.3 Å². The van der Waals surface area contributed by atoms with E-state index in [1.165, 1.54) is 0 Å². The third kappa shape index (κ3) is 5.57. The summed E-state index contributed by atoms with van der Waals surface area (Å²) in [4.78, 5) is 25.2. The molecule has 0 spiro atoms. The Labute approximate surface area is 114 Å². The SMILES string of the molecule is CCN(CC)C(=O)CCCNC(=O)C1CNCCO1. The Kier molecular flexibility index (Phi) is 7.43. The second kappa shape index (κ2) is 8.87. The van der Waals surface area contributed by atoms with Crippen molar-refractivity contribution in [1.82, 2.24) is 15.5 Å². The van der Waals surface area contributed by atoms with Gasteiger partial charge in [-0.2, -0.15) is 0 Å². The number of amides is 2. The van der Waals surface area contributed by atoms with E-state index in [1.807, 2.05) is 13.8 Å². The first kappa shape index (κ1) is 15.9. The number of ether oxygens (including phenoxy) is 1. The first-order chi connectivity index (χ1) is 9.19. The van der Waals surface area contributed by atoms with Gasteiger partial charge in [0.2, 0.25) is 11.8 Å². The van der Waals surface area contributed by atoms with E-state index in [1.54, 1.807) is 4.90 Å². The highest BCUT2D eigenvalue weighted by atomic mass is 16.5. The van der Waals surface area contributed by atoms with Crippen LogP contribution >= 0.6 is 0 Å². The maximum atomic E-state index is 11.7. The van der Waals surface area contributed by atoms with Gasteiger partial charge in [0, 0.05) is 39.1 Å². The van der Waals surface area contributed by atoms with E-state index in [9.17, 15) is 9.59 Å². The molecule has 0 aromatic rings. The lowest BCUT2D eigenvalue weighted by molar-refractivity contribution is -0.135. The van der Waals surface area contributed by atoms with Crippen molar-refractivity contribution in [3.05, 3.63) is 0 Å². The predicted molar refractivity (Wildman–Crippen MR) is 72.8 cm³/mol. The lowest BCUT2D eigenvalue weighted by Crippen LogP contribution is -2.48. The molecule has 1 unspecified atom stereocenters. The molecule has 2 amide bonds. The van der Waals surface area contributed by atoms with Gasteiger partial charge in [0.25, 0.3) is 0 Å². The number of rotatable bonds is 7. The van der Waals surface area contributed by atoms with Crippen molar-refractivity contribution < 1.29 is 14.3 Å². The van der Waals surface area contributed by atoms with Gasteiger partial charge in [0.15, 0.2) is 0 Å². The molecule has 1 fully saturated rings. The average Bonchev–Trinajstić information content (AvgIpc) is 2.45. The third-order valence-corrected chi connectivity index (χ3v) is 3.20. The maximum Gasteiger partial charge on any atom is 0.250 e. The van der Waals surface area contributed by atoms with E-state index in [0.717, 1.165) is 19.6 Å². The van der Waals surface area contributed by atoms with Gasteiger partial charge in [0.05, 0.1) is 6.61 Å². The standard InChI is InChI=1S/C13H25N3O3/c1-3-16(4-2)12(17)6-5-7-15-13(18)11-10-14-8-9-19-11/h11,14H,3-10H2,1-2H3,(H,15,18). The zero-order valence-corrected chi connectivity index (χ0v) is 11.9. The summed E-state index contributed by atoms with van der Waals surface area (Å²) in [7, 11) is 0. The summed E-state index contributed by atoms with van der Waals surface area (Å²) in [6.45, 7) is 7.86. The molecule has 0 aliphatic carbocycles. The highest BCUT2D eigenvalue weighted by Gasteiger charge is 2.21. The van der Waals surface area contributed by atoms with Crippen LogP contribution in [0.2, 0.25) is 0 Å². The fourth-order valence-electron chi connectivity index (χ4n) is 2.03. The van der Waals surface area contributed by atoms with Gasteiger partial charge < -0.3 is 20.3 Å². The summed E-state index contributed by atoms with van der Waals surface area (Å²) < 4.78 is 5.34. The van der Waals surface area contributed by atoms with Crippen LogP contribution in [0.4, 0.5) is 0 Å². The first-order valence-electron chi connectivity index (χ1n) is 7.06. The van der Waals surface area contributed by atoms with Crippen molar-refractivity contribution in [2.24, 2.45) is 0 Å². The van der Waals surface area contributed by atoms with Gasteiger partial charge in [0.1, 0.15) is 6.10 Å². The number of hydrogen-bond acceptors (Lipinski definition) is 4. The van der Waals surface area contributed by atoms with Crippen molar-refractivity contribution in [2.45, 2.75) is 32.8 Å². The zero-order valence-electron chi connectivity index (χ0n) is 11.9. The Bertz CT molecular complexity index is 287. The van der Waals surface area contributed by atoms with Crippen molar-refractivity contribution in [3.63, 3.8) is 0 Å². The maximum absolute atomic E-state index is 11.7. The number of morpholine rings is 1. The fraction of sp³-hybridized carbons (Fsp3) is 0.846. The summed E-state index contributed by atoms with van der Waals surface area (Å²) in [6, 6.07) is 0. The summed E-state index contributed by atoms with van der Waals surface area (Å²) in [5.74, 6) is 0.0531. The molecule has 1 rings (SSSR count). The van der Waals surface area contributed by atoms with E-state index in [0.29, 0.717) is 32.5 Å². The van der Waals surface area contributed by atoms with Crippen LogP contribution in [0, 0.1) is 0 Å².